The molecule has 2 fully saturated rings. The second-order valence-corrected chi connectivity index (χ2v) is 7.27. The van der Waals surface area contributed by atoms with Crippen molar-refractivity contribution >= 4 is 5.78 Å². The van der Waals surface area contributed by atoms with Gasteiger partial charge in [0.15, 0.2) is 12.6 Å². The first-order chi connectivity index (χ1) is 14.2. The molecular formula is C17H31NO12. The van der Waals surface area contributed by atoms with E-state index < -0.39 is 74.6 Å². The van der Waals surface area contributed by atoms with Crippen LogP contribution in [-0.2, 0) is 23.7 Å². The van der Waals surface area contributed by atoms with Crippen molar-refractivity contribution in [3.63, 3.8) is 0 Å². The highest BCUT2D eigenvalue weighted by molar-refractivity contribution is 5.75. The third-order valence-electron chi connectivity index (χ3n) is 4.97. The van der Waals surface area contributed by atoms with Gasteiger partial charge in [0.05, 0.1) is 19.9 Å². The molecule has 0 aromatic heterocycles. The lowest BCUT2D eigenvalue weighted by atomic mass is 9.97. The summed E-state index contributed by atoms with van der Waals surface area (Å²) in [6.45, 7) is 0.330. The van der Waals surface area contributed by atoms with Gasteiger partial charge in [-0.2, -0.15) is 0 Å². The molecule has 2 heterocycles. The highest BCUT2D eigenvalue weighted by Crippen LogP contribution is 2.29. The van der Waals surface area contributed by atoms with E-state index in [1.54, 1.807) is 0 Å². The molecule has 0 aromatic carbocycles. The minimum Gasteiger partial charge on any atom is -0.394 e. The standard InChI is InChI=1S/C17H31NO12/c1-7(21)2-3-18-6-27-16-14(26)15(11(23)9(5-20)28-16)30-17-13(25)12(24)10(22)8(4-19)29-17/h8-20,22-26H,2-6H2,1H3. The fourth-order valence-electron chi connectivity index (χ4n) is 3.16. The molecule has 8 N–H and O–H groups in total. The lowest BCUT2D eigenvalue weighted by molar-refractivity contribution is -0.360. The highest BCUT2D eigenvalue weighted by atomic mass is 16.7. The SMILES string of the molecule is CC(=O)CCNCOC1OC(CO)C(O)C(OC2OC(CO)C(O)C(O)C2O)C1O. The van der Waals surface area contributed by atoms with E-state index in [1.807, 2.05) is 0 Å². The Hall–Kier alpha value is -0.810. The summed E-state index contributed by atoms with van der Waals surface area (Å²) in [6.07, 6.45) is -14.8. The molecule has 10 atom stereocenters. The van der Waals surface area contributed by atoms with Crippen LogP contribution in [0.5, 0.6) is 0 Å². The summed E-state index contributed by atoms with van der Waals surface area (Å²) >= 11 is 0. The number of hydrogen-bond donors (Lipinski definition) is 8. The quantitative estimate of drug-likeness (QED) is 0.118. The molecular weight excluding hydrogens is 410 g/mol. The van der Waals surface area contributed by atoms with Gasteiger partial charge in [0.25, 0.3) is 0 Å². The largest absolute Gasteiger partial charge is 0.394 e. The second kappa shape index (κ2) is 11.7. The van der Waals surface area contributed by atoms with E-state index in [0.29, 0.717) is 6.54 Å². The molecule has 10 unspecified atom stereocenters. The van der Waals surface area contributed by atoms with E-state index in [0.717, 1.165) is 0 Å². The van der Waals surface area contributed by atoms with Crippen molar-refractivity contribution in [2.45, 2.75) is 74.8 Å². The van der Waals surface area contributed by atoms with E-state index in [4.69, 9.17) is 18.9 Å². The molecule has 0 aromatic rings. The molecule has 30 heavy (non-hydrogen) atoms. The van der Waals surface area contributed by atoms with Gasteiger partial charge >= 0.3 is 0 Å². The fraction of sp³-hybridized carbons (Fsp3) is 0.941. The molecule has 2 aliphatic heterocycles. The Balaban J connectivity index is 2.02. The van der Waals surface area contributed by atoms with Crippen LogP contribution in [0, 0.1) is 0 Å². The Morgan fingerprint density at radius 2 is 1.47 bits per heavy atom. The molecule has 13 nitrogen and oxygen atoms in total. The number of Topliss-reactive ketones (excluding diaryl/α,β-unsaturated/α-hetero) is 1. The Kier molecular flexibility index (Phi) is 9.93. The Morgan fingerprint density at radius 3 is 2.07 bits per heavy atom. The summed E-state index contributed by atoms with van der Waals surface area (Å²) in [5.41, 5.74) is 0. The van der Waals surface area contributed by atoms with Crippen LogP contribution in [0.2, 0.25) is 0 Å². The topological polar surface area (TPSA) is 208 Å². The fourth-order valence-corrected chi connectivity index (χ4v) is 3.16. The number of hydrogen-bond acceptors (Lipinski definition) is 13. The van der Waals surface area contributed by atoms with E-state index in [-0.39, 0.29) is 18.9 Å². The lowest BCUT2D eigenvalue weighted by Gasteiger charge is -2.45. The smallest absolute Gasteiger partial charge is 0.188 e. The number of ether oxygens (including phenoxy) is 4. The van der Waals surface area contributed by atoms with Crippen LogP contribution < -0.4 is 5.32 Å². The molecule has 0 bridgehead atoms. The molecule has 13 heteroatoms. The van der Waals surface area contributed by atoms with Crippen LogP contribution in [0.3, 0.4) is 0 Å². The van der Waals surface area contributed by atoms with Gasteiger partial charge in [-0.3, -0.25) is 10.1 Å². The van der Waals surface area contributed by atoms with Crippen molar-refractivity contribution in [1.82, 2.24) is 5.32 Å². The van der Waals surface area contributed by atoms with Crippen molar-refractivity contribution in [3.8, 4) is 0 Å². The number of carbonyl (C=O) groups is 1. The zero-order valence-electron chi connectivity index (χ0n) is 16.5. The zero-order chi connectivity index (χ0) is 22.4. The van der Waals surface area contributed by atoms with E-state index in [1.165, 1.54) is 6.92 Å². The maximum absolute atomic E-state index is 10.9. The summed E-state index contributed by atoms with van der Waals surface area (Å²) in [6, 6.07) is 0. The molecule has 0 aliphatic carbocycles. The highest BCUT2D eigenvalue weighted by Gasteiger charge is 2.50. The third kappa shape index (κ3) is 6.12. The van der Waals surface area contributed by atoms with Crippen LogP contribution in [0.15, 0.2) is 0 Å². The van der Waals surface area contributed by atoms with Gasteiger partial charge in [-0.05, 0) is 6.92 Å². The molecule has 0 saturated carbocycles. The van der Waals surface area contributed by atoms with Gasteiger partial charge in [0.2, 0.25) is 0 Å². The lowest BCUT2D eigenvalue weighted by Crippen LogP contribution is -2.65. The van der Waals surface area contributed by atoms with Gasteiger partial charge in [0.1, 0.15) is 54.6 Å². The summed E-state index contributed by atoms with van der Waals surface area (Å²) in [4.78, 5) is 10.9. The molecule has 0 spiro atoms. The normalized spacial score (nSPS) is 42.3. The maximum Gasteiger partial charge on any atom is 0.188 e. The van der Waals surface area contributed by atoms with Crippen LogP contribution >= 0.6 is 0 Å². The number of ketones is 1. The maximum atomic E-state index is 10.9. The predicted octanol–water partition coefficient (Wildman–Crippen LogP) is -4.85. The summed E-state index contributed by atoms with van der Waals surface area (Å²) in [5.74, 6) is -0.0205. The average Bonchev–Trinajstić information content (AvgIpc) is 2.71. The minimum absolute atomic E-state index is 0.0205. The molecule has 2 saturated heterocycles. The monoisotopic (exact) mass is 441 g/mol. The van der Waals surface area contributed by atoms with Gasteiger partial charge in [-0.1, -0.05) is 0 Å². The van der Waals surface area contributed by atoms with Crippen molar-refractivity contribution in [2.24, 2.45) is 0 Å². The number of nitrogens with one attached hydrogen (secondary N) is 1. The van der Waals surface area contributed by atoms with Crippen molar-refractivity contribution in [2.75, 3.05) is 26.5 Å². The average molecular weight is 441 g/mol. The molecule has 0 amide bonds. The first-order valence-corrected chi connectivity index (χ1v) is 9.61. The predicted molar refractivity (Wildman–Crippen MR) is 95.7 cm³/mol. The number of aliphatic hydroxyl groups excluding tert-OH is 7. The van der Waals surface area contributed by atoms with Crippen LogP contribution in [0.1, 0.15) is 13.3 Å². The first-order valence-electron chi connectivity index (χ1n) is 9.61. The van der Waals surface area contributed by atoms with Gasteiger partial charge in [-0.15, -0.1) is 0 Å². The second-order valence-electron chi connectivity index (χ2n) is 7.27. The van der Waals surface area contributed by atoms with E-state index in [9.17, 15) is 40.5 Å². The van der Waals surface area contributed by atoms with Crippen LogP contribution in [-0.4, -0.2) is 129 Å². The van der Waals surface area contributed by atoms with Crippen molar-refractivity contribution in [3.05, 3.63) is 0 Å². The Morgan fingerprint density at radius 1 is 0.867 bits per heavy atom. The van der Waals surface area contributed by atoms with E-state index >= 15 is 0 Å². The molecule has 0 radical (unpaired) electrons. The summed E-state index contributed by atoms with van der Waals surface area (Å²) in [5, 5.41) is 72.2. The molecule has 176 valence electrons. The van der Waals surface area contributed by atoms with Crippen molar-refractivity contribution < 1.29 is 59.5 Å². The van der Waals surface area contributed by atoms with E-state index in [2.05, 4.69) is 5.32 Å². The number of aliphatic hydroxyl groups is 7. The first kappa shape index (κ1) is 25.5. The van der Waals surface area contributed by atoms with Crippen molar-refractivity contribution in [1.29, 1.82) is 0 Å². The van der Waals surface area contributed by atoms with Crippen LogP contribution in [0.25, 0.3) is 0 Å². The minimum atomic E-state index is -1.75. The van der Waals surface area contributed by atoms with Gasteiger partial charge in [0, 0.05) is 13.0 Å². The summed E-state index contributed by atoms with van der Waals surface area (Å²) in [7, 11) is 0. The van der Waals surface area contributed by atoms with Gasteiger partial charge in [-0.25, -0.2) is 0 Å². The van der Waals surface area contributed by atoms with Crippen LogP contribution in [0.4, 0.5) is 0 Å². The Bertz CT molecular complexity index is 537. The third-order valence-corrected chi connectivity index (χ3v) is 4.97. The number of carbonyl (C=O) groups excluding carboxylic acids is 1. The van der Waals surface area contributed by atoms with Gasteiger partial charge < -0.3 is 54.7 Å². The zero-order valence-corrected chi connectivity index (χ0v) is 16.5. The summed E-state index contributed by atoms with van der Waals surface area (Å²) < 4.78 is 21.4. The number of rotatable bonds is 10. The molecule has 2 rings (SSSR count). The Labute approximate surface area is 172 Å². The molecule has 2 aliphatic rings.